The quantitative estimate of drug-likeness (QED) is 0.704. The Balaban J connectivity index is 2.10. The van der Waals surface area contributed by atoms with Gasteiger partial charge in [-0.2, -0.15) is 0 Å². The highest BCUT2D eigenvalue weighted by atomic mass is 19.3. The lowest BCUT2D eigenvalue weighted by molar-refractivity contribution is 0.0195. The Morgan fingerprint density at radius 1 is 1.42 bits per heavy atom. The monoisotopic (exact) mass is 277 g/mol. The van der Waals surface area contributed by atoms with Crippen molar-refractivity contribution in [2.24, 2.45) is 5.92 Å². The lowest BCUT2D eigenvalue weighted by Gasteiger charge is -2.32. The average Bonchev–Trinajstić information content (AvgIpc) is 2.75. The molecule has 0 aromatic rings. The normalized spacial score (nSPS) is 32.6. The van der Waals surface area contributed by atoms with Gasteiger partial charge in [0.1, 0.15) is 5.60 Å². The van der Waals surface area contributed by atoms with E-state index in [9.17, 15) is 23.6 Å². The molecule has 1 amide bonds. The maximum absolute atomic E-state index is 13.7. The summed E-state index contributed by atoms with van der Waals surface area (Å²) in [6, 6.07) is 0. The van der Waals surface area contributed by atoms with Crippen molar-refractivity contribution < 1.29 is 28.4 Å². The van der Waals surface area contributed by atoms with Gasteiger partial charge in [0, 0.05) is 19.0 Å². The summed E-state index contributed by atoms with van der Waals surface area (Å²) in [4.78, 5) is 13.0. The van der Waals surface area contributed by atoms with Crippen LogP contribution in [0.3, 0.4) is 0 Å². The van der Waals surface area contributed by atoms with Crippen LogP contribution >= 0.6 is 0 Å². The summed E-state index contributed by atoms with van der Waals surface area (Å²) in [5.41, 5.74) is -0.717. The Bertz CT molecular complexity index is 399. The molecule has 1 heterocycles. The van der Waals surface area contributed by atoms with Crippen molar-refractivity contribution in [2.45, 2.75) is 44.0 Å². The SMILES string of the molecule is CC(C)(C)OC(=O)N1CCC2C(F)(F)C2(B(O)O)C1. The molecule has 0 radical (unpaired) electrons. The van der Waals surface area contributed by atoms with Gasteiger partial charge in [0.05, 0.1) is 5.31 Å². The fourth-order valence-corrected chi connectivity index (χ4v) is 2.80. The predicted molar refractivity (Wildman–Crippen MR) is 63.7 cm³/mol. The number of carbonyl (C=O) groups excluding carboxylic acids is 1. The Kier molecular flexibility index (Phi) is 3.10. The molecular formula is C11H18BF2NO4. The lowest BCUT2D eigenvalue weighted by atomic mass is 9.65. The second-order valence-corrected chi connectivity index (χ2v) is 6.28. The highest BCUT2D eigenvalue weighted by molar-refractivity contribution is 6.48. The summed E-state index contributed by atoms with van der Waals surface area (Å²) in [5.74, 6) is -4.21. The number of hydrogen-bond acceptors (Lipinski definition) is 4. The second kappa shape index (κ2) is 4.05. The Hall–Kier alpha value is -0.885. The van der Waals surface area contributed by atoms with Crippen LogP contribution in [0.25, 0.3) is 0 Å². The molecule has 1 aliphatic carbocycles. The molecule has 8 heteroatoms. The number of piperidine rings is 1. The van der Waals surface area contributed by atoms with Crippen LogP contribution in [0.1, 0.15) is 27.2 Å². The van der Waals surface area contributed by atoms with Crippen LogP contribution in [0.5, 0.6) is 0 Å². The van der Waals surface area contributed by atoms with Gasteiger partial charge in [-0.1, -0.05) is 0 Å². The van der Waals surface area contributed by atoms with Crippen molar-refractivity contribution in [3.63, 3.8) is 0 Å². The first-order chi connectivity index (χ1) is 8.52. The molecule has 1 aliphatic heterocycles. The van der Waals surface area contributed by atoms with Crippen LogP contribution in [-0.4, -0.2) is 52.8 Å². The maximum Gasteiger partial charge on any atom is 0.466 e. The molecule has 2 fully saturated rings. The van der Waals surface area contributed by atoms with Crippen LogP contribution in [0.4, 0.5) is 13.6 Å². The number of hydrogen-bond donors (Lipinski definition) is 2. The molecule has 5 nitrogen and oxygen atoms in total. The fraction of sp³-hybridized carbons (Fsp3) is 0.909. The molecule has 2 aliphatic rings. The minimum atomic E-state index is -3.14. The number of nitrogens with zero attached hydrogens (tertiary/aromatic N) is 1. The topological polar surface area (TPSA) is 70.0 Å². The highest BCUT2D eigenvalue weighted by Crippen LogP contribution is 2.75. The lowest BCUT2D eigenvalue weighted by Crippen LogP contribution is -2.46. The molecule has 1 saturated carbocycles. The summed E-state index contributed by atoms with van der Waals surface area (Å²) in [6.45, 7) is 4.79. The molecule has 0 aromatic carbocycles. The molecule has 2 unspecified atom stereocenters. The van der Waals surface area contributed by atoms with Crippen molar-refractivity contribution in [3.8, 4) is 0 Å². The molecule has 19 heavy (non-hydrogen) atoms. The largest absolute Gasteiger partial charge is 0.466 e. The van der Waals surface area contributed by atoms with E-state index in [0.29, 0.717) is 0 Å². The van der Waals surface area contributed by atoms with E-state index in [1.54, 1.807) is 20.8 Å². The van der Waals surface area contributed by atoms with Crippen LogP contribution in [0.15, 0.2) is 0 Å². The molecule has 0 aromatic heterocycles. The highest BCUT2D eigenvalue weighted by Gasteiger charge is 2.86. The zero-order valence-electron chi connectivity index (χ0n) is 11.2. The molecule has 2 atom stereocenters. The van der Waals surface area contributed by atoms with Crippen molar-refractivity contribution in [1.29, 1.82) is 0 Å². The molecule has 0 bridgehead atoms. The maximum atomic E-state index is 13.7. The van der Waals surface area contributed by atoms with Gasteiger partial charge >= 0.3 is 13.2 Å². The van der Waals surface area contributed by atoms with Gasteiger partial charge in [-0.15, -0.1) is 0 Å². The third kappa shape index (κ3) is 2.10. The number of halogens is 2. The van der Waals surface area contributed by atoms with Crippen molar-refractivity contribution in [1.82, 2.24) is 4.90 Å². The number of rotatable bonds is 1. The van der Waals surface area contributed by atoms with Gasteiger partial charge in [-0.3, -0.25) is 0 Å². The Morgan fingerprint density at radius 2 is 2.00 bits per heavy atom. The number of carbonyl (C=O) groups is 1. The Labute approximate surface area is 110 Å². The van der Waals surface area contributed by atoms with Crippen LogP contribution in [0.2, 0.25) is 5.31 Å². The number of amides is 1. The van der Waals surface area contributed by atoms with E-state index in [4.69, 9.17) is 4.74 Å². The fourth-order valence-electron chi connectivity index (χ4n) is 2.80. The van der Waals surface area contributed by atoms with Gasteiger partial charge in [-0.05, 0) is 27.2 Å². The van der Waals surface area contributed by atoms with Gasteiger partial charge in [0.15, 0.2) is 0 Å². The zero-order valence-corrected chi connectivity index (χ0v) is 11.2. The first kappa shape index (κ1) is 14.5. The smallest absolute Gasteiger partial charge is 0.444 e. The van der Waals surface area contributed by atoms with E-state index >= 15 is 0 Å². The van der Waals surface area contributed by atoms with Crippen LogP contribution in [-0.2, 0) is 4.74 Å². The van der Waals surface area contributed by atoms with Crippen molar-refractivity contribution in [3.05, 3.63) is 0 Å². The summed E-state index contributed by atoms with van der Waals surface area (Å²) in [7, 11) is -2.14. The summed E-state index contributed by atoms with van der Waals surface area (Å²) in [5, 5.41) is 16.6. The number of fused-ring (bicyclic) bond motifs is 1. The van der Waals surface area contributed by atoms with E-state index in [0.717, 1.165) is 4.90 Å². The van der Waals surface area contributed by atoms with Gasteiger partial charge in [0.25, 0.3) is 5.92 Å². The molecule has 0 spiro atoms. The number of likely N-dealkylation sites (tertiary alicyclic amines) is 1. The first-order valence-corrected chi connectivity index (χ1v) is 6.24. The number of alkyl halides is 2. The molecule has 2 N–H and O–H groups in total. The molecule has 1 saturated heterocycles. The summed E-state index contributed by atoms with van der Waals surface area (Å²) < 4.78 is 32.5. The minimum absolute atomic E-state index is 0.0455. The van der Waals surface area contributed by atoms with Gasteiger partial charge in [0.2, 0.25) is 0 Å². The number of ether oxygens (including phenoxy) is 1. The predicted octanol–water partition coefficient (Wildman–Crippen LogP) is 1.11. The standard InChI is InChI=1S/C11H18BF2NO4/c1-9(2,3)19-8(16)15-5-4-7-10(6-15,12(17)18)11(7,13)14/h7,17-18H,4-6H2,1-3H3. The van der Waals surface area contributed by atoms with Crippen LogP contribution in [0, 0.1) is 5.92 Å². The summed E-state index contributed by atoms with van der Waals surface area (Å²) in [6.07, 6.45) is -0.655. The Morgan fingerprint density at radius 3 is 2.47 bits per heavy atom. The van der Waals surface area contributed by atoms with Crippen molar-refractivity contribution >= 4 is 13.2 Å². The van der Waals surface area contributed by atoms with E-state index in [2.05, 4.69) is 0 Å². The summed E-state index contributed by atoms with van der Waals surface area (Å²) >= 11 is 0. The first-order valence-electron chi connectivity index (χ1n) is 6.24. The van der Waals surface area contributed by atoms with E-state index < -0.39 is 42.5 Å². The van der Waals surface area contributed by atoms with E-state index in [1.165, 1.54) is 0 Å². The second-order valence-electron chi connectivity index (χ2n) is 6.28. The van der Waals surface area contributed by atoms with E-state index in [-0.39, 0.29) is 13.0 Å². The zero-order chi connectivity index (χ0) is 14.6. The molecule has 2 rings (SSSR count). The van der Waals surface area contributed by atoms with Crippen LogP contribution < -0.4 is 0 Å². The van der Waals surface area contributed by atoms with Gasteiger partial charge in [-0.25, -0.2) is 13.6 Å². The third-order valence-corrected chi connectivity index (χ3v) is 3.85. The van der Waals surface area contributed by atoms with E-state index in [1.807, 2.05) is 0 Å². The minimum Gasteiger partial charge on any atom is -0.444 e. The average molecular weight is 277 g/mol. The molecular weight excluding hydrogens is 259 g/mol. The van der Waals surface area contributed by atoms with Gasteiger partial charge < -0.3 is 19.7 Å². The van der Waals surface area contributed by atoms with Crippen molar-refractivity contribution in [2.75, 3.05) is 13.1 Å². The molecule has 108 valence electrons. The third-order valence-electron chi connectivity index (χ3n) is 3.85.